The van der Waals surface area contributed by atoms with Crippen molar-refractivity contribution in [1.29, 1.82) is 0 Å². The lowest BCUT2D eigenvalue weighted by Crippen LogP contribution is -3.28. The maximum Gasteiger partial charge on any atom is 0.275 e. The predicted octanol–water partition coefficient (Wildman–Crippen LogP) is 0.247. The molecule has 3 aromatic rings. The number of carbonyl (C=O) groups excluding carboxylic acids is 1. The number of quaternary nitrogens is 2. The number of thiazole rings is 1. The van der Waals surface area contributed by atoms with Crippen molar-refractivity contribution in [1.82, 2.24) is 10.3 Å². The second-order valence-corrected chi connectivity index (χ2v) is 9.07. The summed E-state index contributed by atoms with van der Waals surface area (Å²) in [5.74, 6) is 0.170. The number of amides is 1. The van der Waals surface area contributed by atoms with Crippen molar-refractivity contribution >= 4 is 27.5 Å². The van der Waals surface area contributed by atoms with Gasteiger partial charge in [-0.05, 0) is 36.6 Å². The van der Waals surface area contributed by atoms with E-state index in [-0.39, 0.29) is 5.91 Å². The molecule has 1 aromatic heterocycles. The maximum atomic E-state index is 12.3. The number of fused-ring (bicyclic) bond motifs is 1. The van der Waals surface area contributed by atoms with E-state index in [0.29, 0.717) is 13.1 Å². The van der Waals surface area contributed by atoms with Crippen LogP contribution in [0.25, 0.3) is 10.2 Å². The third-order valence-electron chi connectivity index (χ3n) is 5.79. The number of nitrogens with one attached hydrogen (secondary N) is 3. The van der Waals surface area contributed by atoms with Gasteiger partial charge < -0.3 is 15.1 Å². The first-order chi connectivity index (χ1) is 14.2. The summed E-state index contributed by atoms with van der Waals surface area (Å²) in [4.78, 5) is 20.0. The molecular weight excluding hydrogens is 380 g/mol. The van der Waals surface area contributed by atoms with Crippen molar-refractivity contribution in [2.75, 3.05) is 39.3 Å². The van der Waals surface area contributed by atoms with Crippen LogP contribution in [0.3, 0.4) is 0 Å². The molecule has 29 heavy (non-hydrogen) atoms. The van der Waals surface area contributed by atoms with Crippen LogP contribution in [-0.4, -0.2) is 50.2 Å². The SMILES string of the molecule is Cc1ccccc1CCNC(=O)C[NH+]1CC[NH+](Cc2nc3ccccc3s2)CC1. The van der Waals surface area contributed by atoms with Gasteiger partial charge in [-0.15, -0.1) is 11.3 Å². The average molecular weight is 411 g/mol. The normalized spacial score (nSPS) is 19.3. The molecule has 0 radical (unpaired) electrons. The van der Waals surface area contributed by atoms with E-state index in [0.717, 1.165) is 44.7 Å². The van der Waals surface area contributed by atoms with Crippen LogP contribution in [0.4, 0.5) is 0 Å². The van der Waals surface area contributed by atoms with Crippen LogP contribution in [-0.2, 0) is 17.8 Å². The lowest BCUT2D eigenvalue weighted by atomic mass is 10.1. The van der Waals surface area contributed by atoms with Crippen LogP contribution in [0.2, 0.25) is 0 Å². The second kappa shape index (κ2) is 9.48. The maximum absolute atomic E-state index is 12.3. The molecule has 1 saturated heterocycles. The Kier molecular flexibility index (Phi) is 6.54. The molecule has 5 nitrogen and oxygen atoms in total. The fraction of sp³-hybridized carbons (Fsp3) is 0.391. The van der Waals surface area contributed by atoms with E-state index in [1.165, 1.54) is 25.7 Å². The number of aromatic nitrogens is 1. The molecule has 3 N–H and O–H groups in total. The zero-order valence-electron chi connectivity index (χ0n) is 17.0. The van der Waals surface area contributed by atoms with Gasteiger partial charge in [-0.1, -0.05) is 36.4 Å². The van der Waals surface area contributed by atoms with Gasteiger partial charge in [0, 0.05) is 6.54 Å². The Morgan fingerprint density at radius 2 is 1.76 bits per heavy atom. The van der Waals surface area contributed by atoms with E-state index in [4.69, 9.17) is 4.98 Å². The zero-order valence-corrected chi connectivity index (χ0v) is 17.9. The van der Waals surface area contributed by atoms with Crippen molar-refractivity contribution in [2.24, 2.45) is 0 Å². The first-order valence-corrected chi connectivity index (χ1v) is 11.3. The number of piperazine rings is 1. The van der Waals surface area contributed by atoms with Crippen LogP contribution in [0.15, 0.2) is 48.5 Å². The minimum absolute atomic E-state index is 0.170. The van der Waals surface area contributed by atoms with Gasteiger partial charge in [-0.25, -0.2) is 4.98 Å². The highest BCUT2D eigenvalue weighted by Gasteiger charge is 2.25. The Morgan fingerprint density at radius 1 is 1.03 bits per heavy atom. The number of carbonyl (C=O) groups is 1. The zero-order chi connectivity index (χ0) is 20.1. The lowest BCUT2D eigenvalue weighted by molar-refractivity contribution is -1.02. The molecule has 0 aliphatic carbocycles. The van der Waals surface area contributed by atoms with Crippen LogP contribution in [0.5, 0.6) is 0 Å². The Balaban J connectivity index is 1.17. The van der Waals surface area contributed by atoms with Gasteiger partial charge >= 0.3 is 0 Å². The van der Waals surface area contributed by atoms with Crippen LogP contribution >= 0.6 is 11.3 Å². The Bertz CT molecular complexity index is 929. The van der Waals surface area contributed by atoms with E-state index >= 15 is 0 Å². The standard InChI is InChI=1S/C23H28N4OS/c1-18-6-2-3-7-19(18)10-11-24-22(28)16-26-12-14-27(15-13-26)17-23-25-20-8-4-5-9-21(20)29-23/h2-9H,10-17H2,1H3,(H,24,28)/p+2. The number of hydrogen-bond acceptors (Lipinski definition) is 3. The predicted molar refractivity (Wildman–Crippen MR) is 117 cm³/mol. The van der Waals surface area contributed by atoms with E-state index in [1.807, 2.05) is 17.4 Å². The highest BCUT2D eigenvalue weighted by Crippen LogP contribution is 2.20. The van der Waals surface area contributed by atoms with Gasteiger partial charge in [0.15, 0.2) is 6.54 Å². The van der Waals surface area contributed by atoms with Crippen molar-refractivity contribution in [3.63, 3.8) is 0 Å². The van der Waals surface area contributed by atoms with E-state index in [1.54, 1.807) is 4.90 Å². The minimum atomic E-state index is 0.170. The van der Waals surface area contributed by atoms with Crippen LogP contribution in [0.1, 0.15) is 16.1 Å². The molecular formula is C23H30N4OS+2. The summed E-state index contributed by atoms with van der Waals surface area (Å²) in [6.07, 6.45) is 0.897. The molecule has 1 amide bonds. The highest BCUT2D eigenvalue weighted by atomic mass is 32.1. The highest BCUT2D eigenvalue weighted by molar-refractivity contribution is 7.18. The van der Waals surface area contributed by atoms with Crippen molar-refractivity contribution in [2.45, 2.75) is 19.9 Å². The van der Waals surface area contributed by atoms with Crippen molar-refractivity contribution in [3.05, 3.63) is 64.7 Å². The second-order valence-electron chi connectivity index (χ2n) is 7.96. The molecule has 2 heterocycles. The Morgan fingerprint density at radius 3 is 2.55 bits per heavy atom. The van der Waals surface area contributed by atoms with Gasteiger partial charge in [0.2, 0.25) is 0 Å². The lowest BCUT2D eigenvalue weighted by Gasteiger charge is -2.28. The van der Waals surface area contributed by atoms with Gasteiger partial charge in [0.05, 0.1) is 10.2 Å². The Hall–Kier alpha value is -2.28. The molecule has 0 unspecified atom stereocenters. The summed E-state index contributed by atoms with van der Waals surface area (Å²) in [6.45, 7) is 8.71. The van der Waals surface area contributed by atoms with E-state index < -0.39 is 0 Å². The third-order valence-corrected chi connectivity index (χ3v) is 6.83. The van der Waals surface area contributed by atoms with Crippen molar-refractivity contribution < 1.29 is 14.6 Å². The molecule has 0 spiro atoms. The average Bonchev–Trinajstić information content (AvgIpc) is 3.13. The summed E-state index contributed by atoms with van der Waals surface area (Å²) >= 11 is 1.81. The molecule has 1 aliphatic rings. The smallest absolute Gasteiger partial charge is 0.275 e. The number of nitrogens with zero attached hydrogens (tertiary/aromatic N) is 1. The largest absolute Gasteiger partial charge is 0.351 e. The molecule has 2 aromatic carbocycles. The monoisotopic (exact) mass is 410 g/mol. The third kappa shape index (κ3) is 5.41. The molecule has 0 saturated carbocycles. The number of rotatable bonds is 7. The van der Waals surface area contributed by atoms with E-state index in [9.17, 15) is 4.79 Å². The fourth-order valence-electron chi connectivity index (χ4n) is 4.04. The summed E-state index contributed by atoms with van der Waals surface area (Å²) < 4.78 is 1.27. The molecule has 1 aliphatic heterocycles. The molecule has 1 fully saturated rings. The molecule has 4 rings (SSSR count). The first kappa shape index (κ1) is 20.0. The minimum Gasteiger partial charge on any atom is -0.351 e. The number of hydrogen-bond donors (Lipinski definition) is 3. The van der Waals surface area contributed by atoms with Gasteiger partial charge in [-0.3, -0.25) is 4.79 Å². The summed E-state index contributed by atoms with van der Waals surface area (Å²) in [5, 5.41) is 4.32. The van der Waals surface area contributed by atoms with Crippen LogP contribution < -0.4 is 15.1 Å². The summed E-state index contributed by atoms with van der Waals surface area (Å²) in [6, 6.07) is 16.7. The van der Waals surface area contributed by atoms with Crippen molar-refractivity contribution in [3.8, 4) is 0 Å². The molecule has 0 atom stereocenters. The van der Waals surface area contributed by atoms with E-state index in [2.05, 4.69) is 54.7 Å². The molecule has 6 heteroatoms. The molecule has 0 bridgehead atoms. The summed E-state index contributed by atoms with van der Waals surface area (Å²) in [7, 11) is 0. The van der Waals surface area contributed by atoms with Gasteiger partial charge in [0.1, 0.15) is 37.7 Å². The number of benzene rings is 2. The molecule has 152 valence electrons. The first-order valence-electron chi connectivity index (χ1n) is 10.5. The van der Waals surface area contributed by atoms with Crippen LogP contribution in [0, 0.1) is 6.92 Å². The van der Waals surface area contributed by atoms with Gasteiger partial charge in [0.25, 0.3) is 5.91 Å². The topological polar surface area (TPSA) is 50.9 Å². The Labute approximate surface area is 176 Å². The quantitative estimate of drug-likeness (QED) is 0.523. The number of aryl methyl sites for hydroxylation is 1. The summed E-state index contributed by atoms with van der Waals surface area (Å²) in [5.41, 5.74) is 3.71. The number of para-hydroxylation sites is 1. The van der Waals surface area contributed by atoms with Gasteiger partial charge in [-0.2, -0.15) is 0 Å². The fourth-order valence-corrected chi connectivity index (χ4v) is 5.08.